The molecule has 92 valence electrons. The van der Waals surface area contributed by atoms with Gasteiger partial charge in [0.25, 0.3) is 0 Å². The Morgan fingerprint density at radius 2 is 2.06 bits per heavy atom. The Morgan fingerprint density at radius 1 is 1.29 bits per heavy atom. The van der Waals surface area contributed by atoms with E-state index in [4.69, 9.17) is 9.47 Å². The molecule has 1 aromatic heterocycles. The SMILES string of the molecule is COc1cc(C=O)ncc1OC1CCCCC1. The van der Waals surface area contributed by atoms with Gasteiger partial charge in [-0.15, -0.1) is 0 Å². The maximum absolute atomic E-state index is 10.6. The van der Waals surface area contributed by atoms with Gasteiger partial charge in [-0.05, 0) is 25.7 Å². The van der Waals surface area contributed by atoms with Crippen molar-refractivity contribution in [2.45, 2.75) is 38.2 Å². The molecule has 0 aliphatic heterocycles. The maximum atomic E-state index is 10.6. The average Bonchev–Trinajstić information content (AvgIpc) is 2.40. The predicted molar refractivity (Wildman–Crippen MR) is 63.7 cm³/mol. The summed E-state index contributed by atoms with van der Waals surface area (Å²) in [5.41, 5.74) is 0.359. The fraction of sp³-hybridized carbons (Fsp3) is 0.538. The Kier molecular flexibility index (Phi) is 3.96. The van der Waals surface area contributed by atoms with Crippen molar-refractivity contribution in [2.24, 2.45) is 0 Å². The predicted octanol–water partition coefficient (Wildman–Crippen LogP) is 2.61. The Balaban J connectivity index is 2.10. The molecule has 0 atom stereocenters. The minimum Gasteiger partial charge on any atom is -0.493 e. The number of carbonyl (C=O) groups is 1. The summed E-state index contributed by atoms with van der Waals surface area (Å²) >= 11 is 0. The van der Waals surface area contributed by atoms with Gasteiger partial charge in [0.1, 0.15) is 5.69 Å². The first kappa shape index (κ1) is 11.9. The van der Waals surface area contributed by atoms with Gasteiger partial charge >= 0.3 is 0 Å². The topological polar surface area (TPSA) is 48.4 Å². The van der Waals surface area contributed by atoms with Crippen LogP contribution in [0.1, 0.15) is 42.6 Å². The van der Waals surface area contributed by atoms with E-state index in [0.717, 1.165) is 12.8 Å². The number of methoxy groups -OCH3 is 1. The second-order valence-corrected chi connectivity index (χ2v) is 4.26. The monoisotopic (exact) mass is 235 g/mol. The largest absolute Gasteiger partial charge is 0.493 e. The molecule has 4 nitrogen and oxygen atoms in total. The van der Waals surface area contributed by atoms with E-state index in [2.05, 4.69) is 4.98 Å². The Morgan fingerprint density at radius 3 is 2.71 bits per heavy atom. The van der Waals surface area contributed by atoms with Gasteiger partial charge in [-0.2, -0.15) is 0 Å². The van der Waals surface area contributed by atoms with Crippen LogP contribution in [0.4, 0.5) is 0 Å². The third kappa shape index (κ3) is 2.96. The molecule has 1 aliphatic rings. The molecule has 1 heterocycles. The van der Waals surface area contributed by atoms with E-state index in [1.807, 2.05) is 0 Å². The fourth-order valence-corrected chi connectivity index (χ4v) is 2.11. The van der Waals surface area contributed by atoms with Gasteiger partial charge in [0.2, 0.25) is 0 Å². The van der Waals surface area contributed by atoms with Crippen LogP contribution in [0.15, 0.2) is 12.3 Å². The number of nitrogens with zero attached hydrogens (tertiary/aromatic N) is 1. The van der Waals surface area contributed by atoms with E-state index >= 15 is 0 Å². The molecule has 2 rings (SSSR count). The van der Waals surface area contributed by atoms with Crippen molar-refractivity contribution in [3.63, 3.8) is 0 Å². The zero-order valence-corrected chi connectivity index (χ0v) is 10.0. The maximum Gasteiger partial charge on any atom is 0.179 e. The van der Waals surface area contributed by atoms with Gasteiger partial charge in [-0.25, -0.2) is 4.98 Å². The summed E-state index contributed by atoms with van der Waals surface area (Å²) in [5, 5.41) is 0. The molecule has 0 bridgehead atoms. The van der Waals surface area contributed by atoms with Crippen molar-refractivity contribution in [1.82, 2.24) is 4.98 Å². The number of ether oxygens (including phenoxy) is 2. The van der Waals surface area contributed by atoms with Crippen LogP contribution >= 0.6 is 0 Å². The standard InChI is InChI=1S/C13H17NO3/c1-16-12-7-10(9-15)14-8-13(12)17-11-5-3-2-4-6-11/h7-9,11H,2-6H2,1H3. The molecule has 17 heavy (non-hydrogen) atoms. The van der Waals surface area contributed by atoms with Crippen molar-refractivity contribution < 1.29 is 14.3 Å². The molecule has 0 aromatic carbocycles. The summed E-state index contributed by atoms with van der Waals surface area (Å²) in [6.07, 6.45) is 8.40. The van der Waals surface area contributed by atoms with Gasteiger partial charge in [0, 0.05) is 6.07 Å². The summed E-state index contributed by atoms with van der Waals surface area (Å²) < 4.78 is 11.1. The third-order valence-electron chi connectivity index (χ3n) is 3.04. The number of hydrogen-bond donors (Lipinski definition) is 0. The van der Waals surface area contributed by atoms with E-state index in [0.29, 0.717) is 23.5 Å². The molecule has 0 N–H and O–H groups in total. The molecule has 0 saturated heterocycles. The highest BCUT2D eigenvalue weighted by molar-refractivity contribution is 5.73. The summed E-state index contributed by atoms with van der Waals surface area (Å²) in [6.45, 7) is 0. The molecule has 1 saturated carbocycles. The molecular formula is C13H17NO3. The van der Waals surface area contributed by atoms with Crippen molar-refractivity contribution in [3.05, 3.63) is 18.0 Å². The van der Waals surface area contributed by atoms with Gasteiger partial charge in [-0.3, -0.25) is 4.79 Å². The number of rotatable bonds is 4. The summed E-state index contributed by atoms with van der Waals surface area (Å²) in [7, 11) is 1.57. The zero-order valence-electron chi connectivity index (χ0n) is 10.0. The minimum atomic E-state index is 0.251. The van der Waals surface area contributed by atoms with E-state index in [1.54, 1.807) is 19.4 Å². The lowest BCUT2D eigenvalue weighted by Crippen LogP contribution is -2.20. The normalized spacial score (nSPS) is 16.5. The van der Waals surface area contributed by atoms with Crippen molar-refractivity contribution in [3.8, 4) is 11.5 Å². The number of hydrogen-bond acceptors (Lipinski definition) is 4. The molecule has 1 aliphatic carbocycles. The summed E-state index contributed by atoms with van der Waals surface area (Å²) in [5.74, 6) is 1.21. The van der Waals surface area contributed by atoms with Crippen molar-refractivity contribution >= 4 is 6.29 Å². The van der Waals surface area contributed by atoms with Crippen LogP contribution in [0, 0.1) is 0 Å². The average molecular weight is 235 g/mol. The van der Waals surface area contributed by atoms with Crippen molar-refractivity contribution in [2.75, 3.05) is 7.11 Å². The number of aromatic nitrogens is 1. The molecule has 0 radical (unpaired) electrons. The lowest BCUT2D eigenvalue weighted by molar-refractivity contribution is 0.111. The molecule has 0 amide bonds. The first-order valence-electron chi connectivity index (χ1n) is 5.99. The lowest BCUT2D eigenvalue weighted by atomic mass is 9.98. The van der Waals surface area contributed by atoms with Crippen LogP contribution in [0.25, 0.3) is 0 Å². The first-order chi connectivity index (χ1) is 8.33. The van der Waals surface area contributed by atoms with Crippen LogP contribution in [0.3, 0.4) is 0 Å². The van der Waals surface area contributed by atoms with Gasteiger partial charge in [0.05, 0.1) is 19.4 Å². The van der Waals surface area contributed by atoms with Crippen molar-refractivity contribution in [1.29, 1.82) is 0 Å². The highest BCUT2D eigenvalue weighted by Crippen LogP contribution is 2.30. The molecule has 0 unspecified atom stereocenters. The number of carbonyl (C=O) groups excluding carboxylic acids is 1. The third-order valence-corrected chi connectivity index (χ3v) is 3.04. The van der Waals surface area contributed by atoms with Gasteiger partial charge in [0.15, 0.2) is 17.8 Å². The fourth-order valence-electron chi connectivity index (χ4n) is 2.11. The summed E-state index contributed by atoms with van der Waals surface area (Å²) in [4.78, 5) is 14.6. The van der Waals surface area contributed by atoms with E-state index < -0.39 is 0 Å². The Bertz CT molecular complexity index is 386. The van der Waals surface area contributed by atoms with Gasteiger partial charge < -0.3 is 9.47 Å². The highest BCUT2D eigenvalue weighted by atomic mass is 16.5. The molecular weight excluding hydrogens is 218 g/mol. The van der Waals surface area contributed by atoms with E-state index in [1.165, 1.54) is 19.3 Å². The van der Waals surface area contributed by atoms with E-state index in [9.17, 15) is 4.79 Å². The number of pyridine rings is 1. The van der Waals surface area contributed by atoms with Gasteiger partial charge in [-0.1, -0.05) is 6.42 Å². The van der Waals surface area contributed by atoms with Crippen LogP contribution in [-0.4, -0.2) is 24.5 Å². The highest BCUT2D eigenvalue weighted by Gasteiger charge is 2.17. The first-order valence-corrected chi connectivity index (χ1v) is 5.99. The van der Waals surface area contributed by atoms with E-state index in [-0.39, 0.29) is 6.10 Å². The quantitative estimate of drug-likeness (QED) is 0.753. The Labute approximate surface area is 101 Å². The second-order valence-electron chi connectivity index (χ2n) is 4.26. The van der Waals surface area contributed by atoms with Crippen LogP contribution in [0.5, 0.6) is 11.5 Å². The van der Waals surface area contributed by atoms with Crippen LogP contribution < -0.4 is 9.47 Å². The molecule has 4 heteroatoms. The second kappa shape index (κ2) is 5.66. The lowest BCUT2D eigenvalue weighted by Gasteiger charge is -2.23. The molecule has 0 spiro atoms. The minimum absolute atomic E-state index is 0.251. The number of aldehydes is 1. The zero-order chi connectivity index (χ0) is 12.1. The molecule has 1 fully saturated rings. The summed E-state index contributed by atoms with van der Waals surface area (Å²) in [6, 6.07) is 1.60. The smallest absolute Gasteiger partial charge is 0.179 e. The molecule has 1 aromatic rings. The van der Waals surface area contributed by atoms with Crippen LogP contribution in [-0.2, 0) is 0 Å². The van der Waals surface area contributed by atoms with Crippen LogP contribution in [0.2, 0.25) is 0 Å². The Hall–Kier alpha value is -1.58.